The van der Waals surface area contributed by atoms with Crippen molar-refractivity contribution in [1.29, 1.82) is 0 Å². The van der Waals surface area contributed by atoms with E-state index in [1.807, 2.05) is 31.2 Å². The lowest BCUT2D eigenvalue weighted by molar-refractivity contribution is 0.0426. The Labute approximate surface area is 186 Å². The predicted molar refractivity (Wildman–Crippen MR) is 117 cm³/mol. The fourth-order valence-corrected chi connectivity index (χ4v) is 6.88. The Kier molecular flexibility index (Phi) is 5.22. The molecule has 5 rings (SSSR count). The quantitative estimate of drug-likeness (QED) is 0.747. The zero-order valence-corrected chi connectivity index (χ0v) is 18.8. The topological polar surface area (TPSA) is 93.5 Å². The first kappa shape index (κ1) is 20.8. The van der Waals surface area contributed by atoms with E-state index in [0.29, 0.717) is 41.5 Å². The summed E-state index contributed by atoms with van der Waals surface area (Å²) in [6, 6.07) is 7.13. The van der Waals surface area contributed by atoms with Crippen LogP contribution in [0.5, 0.6) is 0 Å². The van der Waals surface area contributed by atoms with Gasteiger partial charge in [-0.2, -0.15) is 5.10 Å². The number of halogens is 1. The third-order valence-corrected chi connectivity index (χ3v) is 8.47. The molecule has 31 heavy (non-hydrogen) atoms. The van der Waals surface area contributed by atoms with Crippen LogP contribution in [0, 0.1) is 6.92 Å². The number of carbonyl (C=O) groups excluding carboxylic acids is 1. The molecule has 8 nitrogen and oxygen atoms in total. The summed E-state index contributed by atoms with van der Waals surface area (Å²) in [5.74, 6) is 0.0924. The standard InChI is InChI=1S/C21H25ClN4O4S/c1-13-18(19(22)26(24-13)14-8-10-31(28,29)12-14)20-23-17-7-3-2-6-16(17)21(27)25(20)11-15-5-4-9-30-15/h2-3,6-7,14-15,20,23H,4-5,8-12H2,1H3/t14-,15-,20-/m1/s1. The molecule has 1 amide bonds. The number of ether oxygens (including phenoxy) is 1. The largest absolute Gasteiger partial charge is 0.376 e. The molecule has 3 aliphatic rings. The highest BCUT2D eigenvalue weighted by Crippen LogP contribution is 2.39. The first-order chi connectivity index (χ1) is 14.8. The second kappa shape index (κ2) is 7.79. The number of para-hydroxylation sites is 1. The van der Waals surface area contributed by atoms with Gasteiger partial charge in [0.15, 0.2) is 9.84 Å². The molecular weight excluding hydrogens is 440 g/mol. The van der Waals surface area contributed by atoms with Crippen molar-refractivity contribution in [2.75, 3.05) is 30.0 Å². The highest BCUT2D eigenvalue weighted by Gasteiger charge is 2.39. The summed E-state index contributed by atoms with van der Waals surface area (Å²) in [7, 11) is -3.08. The molecule has 3 atom stereocenters. The van der Waals surface area contributed by atoms with Crippen molar-refractivity contribution in [1.82, 2.24) is 14.7 Å². The second-order valence-electron chi connectivity index (χ2n) is 8.48. The van der Waals surface area contributed by atoms with Crippen LogP contribution < -0.4 is 5.32 Å². The lowest BCUT2D eigenvalue weighted by atomic mass is 10.0. The Hall–Kier alpha value is -2.10. The summed E-state index contributed by atoms with van der Waals surface area (Å²) < 4.78 is 31.4. The molecule has 2 fully saturated rings. The smallest absolute Gasteiger partial charge is 0.257 e. The number of carbonyl (C=O) groups is 1. The zero-order chi connectivity index (χ0) is 21.8. The summed E-state index contributed by atoms with van der Waals surface area (Å²) in [6.45, 7) is 3.00. The van der Waals surface area contributed by atoms with Gasteiger partial charge in [-0.3, -0.25) is 4.79 Å². The zero-order valence-electron chi connectivity index (χ0n) is 17.3. The van der Waals surface area contributed by atoms with E-state index in [1.54, 1.807) is 9.58 Å². The third kappa shape index (κ3) is 3.72. The number of nitrogens with zero attached hydrogens (tertiary/aromatic N) is 3. The fraction of sp³-hybridized carbons (Fsp3) is 0.524. The van der Waals surface area contributed by atoms with Gasteiger partial charge in [-0.1, -0.05) is 23.7 Å². The predicted octanol–water partition coefficient (Wildman–Crippen LogP) is 2.95. The number of aromatic nitrogens is 2. The van der Waals surface area contributed by atoms with Crippen LogP contribution in [0.4, 0.5) is 5.69 Å². The minimum absolute atomic E-state index is 0.0207. The highest BCUT2D eigenvalue weighted by atomic mass is 35.5. The lowest BCUT2D eigenvalue weighted by Gasteiger charge is -2.39. The molecule has 0 bridgehead atoms. The SMILES string of the molecule is Cc1nn([C@@H]2CCS(=O)(=O)C2)c(Cl)c1[C@@H]1Nc2ccccc2C(=O)N1C[C@H]1CCCO1. The normalized spacial score (nSPS) is 27.4. The maximum absolute atomic E-state index is 13.4. The number of benzene rings is 1. The van der Waals surface area contributed by atoms with Crippen LogP contribution in [0.1, 0.15) is 53.1 Å². The van der Waals surface area contributed by atoms with E-state index in [1.165, 1.54) is 0 Å². The van der Waals surface area contributed by atoms with Crippen molar-refractivity contribution in [2.24, 2.45) is 0 Å². The number of aryl methyl sites for hydroxylation is 1. The van der Waals surface area contributed by atoms with Crippen molar-refractivity contribution in [3.8, 4) is 0 Å². The monoisotopic (exact) mass is 464 g/mol. The van der Waals surface area contributed by atoms with E-state index in [2.05, 4.69) is 10.4 Å². The first-order valence-electron chi connectivity index (χ1n) is 10.6. The minimum Gasteiger partial charge on any atom is -0.376 e. The number of fused-ring (bicyclic) bond motifs is 1. The average Bonchev–Trinajstić information content (AvgIpc) is 3.44. The Morgan fingerprint density at radius 2 is 2.10 bits per heavy atom. The van der Waals surface area contributed by atoms with Gasteiger partial charge in [0.25, 0.3) is 5.91 Å². The number of amides is 1. The number of hydrogen-bond acceptors (Lipinski definition) is 6. The summed E-state index contributed by atoms with van der Waals surface area (Å²) in [6.07, 6.45) is 1.85. The van der Waals surface area contributed by atoms with Crippen LogP contribution in [-0.4, -0.2) is 59.8 Å². The van der Waals surface area contributed by atoms with Crippen molar-refractivity contribution in [2.45, 2.75) is 44.5 Å². The van der Waals surface area contributed by atoms with Gasteiger partial charge in [0.1, 0.15) is 11.3 Å². The van der Waals surface area contributed by atoms with E-state index >= 15 is 0 Å². The van der Waals surface area contributed by atoms with Crippen molar-refractivity contribution in [3.05, 3.63) is 46.2 Å². The highest BCUT2D eigenvalue weighted by molar-refractivity contribution is 7.91. The molecule has 0 radical (unpaired) electrons. The molecule has 1 N–H and O–H groups in total. The van der Waals surface area contributed by atoms with Crippen molar-refractivity contribution >= 4 is 33.0 Å². The molecule has 0 spiro atoms. The molecule has 10 heteroatoms. The maximum atomic E-state index is 13.4. The maximum Gasteiger partial charge on any atom is 0.257 e. The van der Waals surface area contributed by atoms with Crippen LogP contribution in [0.2, 0.25) is 5.15 Å². The summed E-state index contributed by atoms with van der Waals surface area (Å²) in [4.78, 5) is 15.2. The number of hydrogen-bond donors (Lipinski definition) is 1. The van der Waals surface area contributed by atoms with Crippen LogP contribution in [0.25, 0.3) is 0 Å². The molecule has 166 valence electrons. The molecule has 0 unspecified atom stereocenters. The molecule has 3 aliphatic heterocycles. The average molecular weight is 465 g/mol. The van der Waals surface area contributed by atoms with E-state index in [-0.39, 0.29) is 29.6 Å². The number of anilines is 1. The van der Waals surface area contributed by atoms with Crippen LogP contribution in [0.3, 0.4) is 0 Å². The summed E-state index contributed by atoms with van der Waals surface area (Å²) in [5.41, 5.74) is 2.73. The number of rotatable bonds is 4. The van der Waals surface area contributed by atoms with Gasteiger partial charge in [0.2, 0.25) is 0 Å². The Morgan fingerprint density at radius 1 is 1.29 bits per heavy atom. The van der Waals surface area contributed by atoms with E-state index in [0.717, 1.165) is 18.5 Å². The first-order valence-corrected chi connectivity index (χ1v) is 12.8. The van der Waals surface area contributed by atoms with Gasteiger partial charge in [-0.05, 0) is 38.3 Å². The molecule has 0 aliphatic carbocycles. The van der Waals surface area contributed by atoms with Crippen molar-refractivity contribution < 1.29 is 17.9 Å². The van der Waals surface area contributed by atoms with E-state index in [9.17, 15) is 13.2 Å². The molecule has 0 saturated carbocycles. The minimum atomic E-state index is -3.08. The Balaban J connectivity index is 1.54. The Morgan fingerprint density at radius 3 is 2.81 bits per heavy atom. The van der Waals surface area contributed by atoms with E-state index < -0.39 is 16.0 Å². The molecule has 1 aromatic carbocycles. The molecular formula is C21H25ClN4O4S. The third-order valence-electron chi connectivity index (χ3n) is 6.35. The molecule has 2 saturated heterocycles. The van der Waals surface area contributed by atoms with Gasteiger partial charge < -0.3 is 15.0 Å². The van der Waals surface area contributed by atoms with Gasteiger partial charge >= 0.3 is 0 Å². The molecule has 4 heterocycles. The number of nitrogens with one attached hydrogen (secondary N) is 1. The van der Waals surface area contributed by atoms with Crippen LogP contribution in [-0.2, 0) is 14.6 Å². The molecule has 1 aromatic heterocycles. The van der Waals surface area contributed by atoms with Crippen LogP contribution in [0.15, 0.2) is 24.3 Å². The fourth-order valence-electron chi connectivity index (χ4n) is 4.77. The summed E-state index contributed by atoms with van der Waals surface area (Å²) >= 11 is 6.79. The van der Waals surface area contributed by atoms with Crippen LogP contribution >= 0.6 is 11.6 Å². The number of sulfone groups is 1. The lowest BCUT2D eigenvalue weighted by Crippen LogP contribution is -2.46. The molecule has 2 aromatic rings. The van der Waals surface area contributed by atoms with Gasteiger partial charge in [0, 0.05) is 18.8 Å². The second-order valence-corrected chi connectivity index (χ2v) is 11.1. The summed E-state index contributed by atoms with van der Waals surface area (Å²) in [5, 5.41) is 8.43. The van der Waals surface area contributed by atoms with Gasteiger partial charge in [0.05, 0.1) is 40.5 Å². The van der Waals surface area contributed by atoms with Gasteiger partial charge in [-0.25, -0.2) is 13.1 Å². The van der Waals surface area contributed by atoms with Crippen molar-refractivity contribution in [3.63, 3.8) is 0 Å². The van der Waals surface area contributed by atoms with Gasteiger partial charge in [-0.15, -0.1) is 0 Å². The van der Waals surface area contributed by atoms with E-state index in [4.69, 9.17) is 16.3 Å². The Bertz CT molecular complexity index is 1130.